The normalized spacial score (nSPS) is 31.0. The van der Waals surface area contributed by atoms with Crippen molar-refractivity contribution >= 4 is 12.0 Å². The maximum atomic E-state index is 12.6. The second-order valence-corrected chi connectivity index (χ2v) is 8.69. The highest BCUT2D eigenvalue weighted by molar-refractivity contribution is 5.79. The lowest BCUT2D eigenvalue weighted by Gasteiger charge is -2.50. The van der Waals surface area contributed by atoms with Gasteiger partial charge in [-0.25, -0.2) is 4.79 Å². The number of fused-ring (bicyclic) bond motifs is 1. The Kier molecular flexibility index (Phi) is 6.41. The molecule has 4 fully saturated rings. The maximum absolute atomic E-state index is 12.6. The predicted octanol–water partition coefficient (Wildman–Crippen LogP) is 2.24. The molecule has 0 aromatic carbocycles. The van der Waals surface area contributed by atoms with Gasteiger partial charge in [-0.15, -0.1) is 0 Å². The van der Waals surface area contributed by atoms with E-state index in [1.165, 1.54) is 12.8 Å². The van der Waals surface area contributed by atoms with Gasteiger partial charge >= 0.3 is 6.09 Å². The number of piperidine rings is 2. The molecule has 2 atom stereocenters. The van der Waals surface area contributed by atoms with Crippen molar-refractivity contribution in [3.63, 3.8) is 0 Å². The summed E-state index contributed by atoms with van der Waals surface area (Å²) in [6.07, 6.45) is 8.90. The van der Waals surface area contributed by atoms with Crippen LogP contribution in [0, 0.1) is 0 Å². The fraction of sp³-hybridized carbons (Fsp3) is 0.905. The predicted molar refractivity (Wildman–Crippen MR) is 105 cm³/mol. The average Bonchev–Trinajstić information content (AvgIpc) is 2.74. The van der Waals surface area contributed by atoms with Crippen LogP contribution < -0.4 is 0 Å². The Bertz CT molecular complexity index is 556. The number of carbonyl (C=O) groups is 2. The first-order valence-corrected chi connectivity index (χ1v) is 11.3. The molecule has 0 aromatic rings. The van der Waals surface area contributed by atoms with Crippen LogP contribution >= 0.6 is 0 Å². The van der Waals surface area contributed by atoms with Crippen molar-refractivity contribution in [1.82, 2.24) is 14.7 Å². The second-order valence-electron chi connectivity index (χ2n) is 8.69. The summed E-state index contributed by atoms with van der Waals surface area (Å²) in [6.45, 7) is 6.24. The number of hydrogen-bond donors (Lipinski definition) is 0. The first-order valence-electron chi connectivity index (χ1n) is 11.3. The summed E-state index contributed by atoms with van der Waals surface area (Å²) in [5.41, 5.74) is 0. The Morgan fingerprint density at radius 2 is 1.68 bits per heavy atom. The third-order valence-corrected chi connectivity index (χ3v) is 7.13. The Balaban J connectivity index is 1.28. The zero-order valence-corrected chi connectivity index (χ0v) is 17.2. The molecule has 158 valence electrons. The van der Waals surface area contributed by atoms with Crippen LogP contribution in [0.1, 0.15) is 58.3 Å². The van der Waals surface area contributed by atoms with Gasteiger partial charge in [0.15, 0.2) is 0 Å². The number of hydrogen-bond acceptors (Lipinski definition) is 5. The smallest absolute Gasteiger partial charge is 0.409 e. The Morgan fingerprint density at radius 1 is 1.00 bits per heavy atom. The van der Waals surface area contributed by atoms with Crippen molar-refractivity contribution in [1.29, 1.82) is 0 Å². The maximum Gasteiger partial charge on any atom is 0.409 e. The van der Waals surface area contributed by atoms with Gasteiger partial charge in [0.2, 0.25) is 5.91 Å². The van der Waals surface area contributed by atoms with Crippen LogP contribution in [0.2, 0.25) is 0 Å². The molecular formula is C21H35N3O4. The summed E-state index contributed by atoms with van der Waals surface area (Å²) >= 11 is 0. The summed E-state index contributed by atoms with van der Waals surface area (Å²) < 4.78 is 11.0. The zero-order valence-electron chi connectivity index (χ0n) is 17.2. The van der Waals surface area contributed by atoms with Crippen molar-refractivity contribution in [2.45, 2.75) is 82.5 Å². The van der Waals surface area contributed by atoms with Gasteiger partial charge in [0.1, 0.15) is 6.61 Å². The number of likely N-dealkylation sites (tertiary alicyclic amines) is 2. The molecular weight excluding hydrogens is 358 g/mol. The van der Waals surface area contributed by atoms with Crippen LogP contribution in [0.4, 0.5) is 4.79 Å². The second kappa shape index (κ2) is 8.99. The molecule has 3 saturated heterocycles. The third-order valence-electron chi connectivity index (χ3n) is 7.13. The van der Waals surface area contributed by atoms with Gasteiger partial charge in [-0.05, 0) is 45.4 Å². The van der Waals surface area contributed by atoms with E-state index in [1.807, 2.05) is 11.8 Å². The molecule has 28 heavy (non-hydrogen) atoms. The summed E-state index contributed by atoms with van der Waals surface area (Å²) in [5, 5.41) is 0. The van der Waals surface area contributed by atoms with Crippen LogP contribution in [0.5, 0.6) is 0 Å². The van der Waals surface area contributed by atoms with Crippen LogP contribution in [-0.4, -0.2) is 90.3 Å². The highest BCUT2D eigenvalue weighted by Gasteiger charge is 2.42. The van der Waals surface area contributed by atoms with Gasteiger partial charge in [0.05, 0.1) is 18.8 Å². The van der Waals surface area contributed by atoms with E-state index >= 15 is 0 Å². The van der Waals surface area contributed by atoms with E-state index in [9.17, 15) is 9.59 Å². The number of amides is 2. The molecule has 0 aromatic heterocycles. The van der Waals surface area contributed by atoms with E-state index < -0.39 is 0 Å². The molecule has 4 rings (SSSR count). The Labute approximate surface area is 168 Å². The number of rotatable bonds is 3. The molecule has 0 bridgehead atoms. The quantitative estimate of drug-likeness (QED) is 0.736. The molecule has 2 amide bonds. The fourth-order valence-electron chi connectivity index (χ4n) is 5.66. The molecule has 7 nitrogen and oxygen atoms in total. The van der Waals surface area contributed by atoms with Gasteiger partial charge in [-0.3, -0.25) is 4.79 Å². The van der Waals surface area contributed by atoms with Crippen molar-refractivity contribution < 1.29 is 19.1 Å². The lowest BCUT2D eigenvalue weighted by atomic mass is 9.87. The minimum Gasteiger partial charge on any atom is -0.450 e. The number of morpholine rings is 1. The third kappa shape index (κ3) is 4.15. The van der Waals surface area contributed by atoms with Crippen molar-refractivity contribution in [2.24, 2.45) is 0 Å². The Hall–Kier alpha value is -1.34. The van der Waals surface area contributed by atoms with Crippen molar-refractivity contribution in [3.8, 4) is 0 Å². The summed E-state index contributed by atoms with van der Waals surface area (Å²) in [6, 6.07) is 1.23. The van der Waals surface area contributed by atoms with Crippen molar-refractivity contribution in [3.05, 3.63) is 0 Å². The van der Waals surface area contributed by atoms with E-state index in [0.29, 0.717) is 24.7 Å². The first-order chi connectivity index (χ1) is 13.7. The zero-order chi connectivity index (χ0) is 19.5. The van der Waals surface area contributed by atoms with Crippen LogP contribution in [0.25, 0.3) is 0 Å². The van der Waals surface area contributed by atoms with Crippen LogP contribution in [-0.2, 0) is 14.3 Å². The van der Waals surface area contributed by atoms with E-state index in [0.717, 1.165) is 64.7 Å². The molecule has 0 unspecified atom stereocenters. The SMILES string of the molecule is CCOC(=O)N1CCC(N2CCC(N3C(=O)CO[C@H]4CCCC[C@@H]43)CC2)CC1. The number of carbonyl (C=O) groups excluding carboxylic acids is 2. The highest BCUT2D eigenvalue weighted by atomic mass is 16.6. The molecule has 3 aliphatic heterocycles. The van der Waals surface area contributed by atoms with E-state index in [4.69, 9.17) is 9.47 Å². The van der Waals surface area contributed by atoms with Gasteiger partial charge in [0.25, 0.3) is 0 Å². The topological polar surface area (TPSA) is 62.3 Å². The lowest BCUT2D eigenvalue weighted by Crippen LogP contribution is -2.61. The number of nitrogens with zero attached hydrogens (tertiary/aromatic N) is 3. The Morgan fingerprint density at radius 3 is 2.39 bits per heavy atom. The van der Waals surface area contributed by atoms with Gasteiger partial charge in [0, 0.05) is 38.3 Å². The average molecular weight is 394 g/mol. The molecule has 4 aliphatic rings. The minimum atomic E-state index is -0.174. The van der Waals surface area contributed by atoms with Gasteiger partial charge in [-0.2, -0.15) is 0 Å². The standard InChI is InChI=1S/C21H35N3O4/c1-2-27-21(26)23-13-7-16(8-14-23)22-11-9-17(10-12-22)24-18-5-3-4-6-19(18)28-15-20(24)25/h16-19H,2-15H2,1H3/t18-,19-/m0/s1. The summed E-state index contributed by atoms with van der Waals surface area (Å²) in [5.74, 6) is 0.198. The minimum absolute atomic E-state index is 0.174. The monoisotopic (exact) mass is 393 g/mol. The molecule has 1 saturated carbocycles. The summed E-state index contributed by atoms with van der Waals surface area (Å²) in [4.78, 5) is 31.1. The van der Waals surface area contributed by atoms with Crippen LogP contribution in [0.15, 0.2) is 0 Å². The molecule has 7 heteroatoms. The fourth-order valence-corrected chi connectivity index (χ4v) is 5.66. The van der Waals surface area contributed by atoms with E-state index in [2.05, 4.69) is 9.80 Å². The lowest BCUT2D eigenvalue weighted by molar-refractivity contribution is -0.167. The van der Waals surface area contributed by atoms with Crippen LogP contribution in [0.3, 0.4) is 0 Å². The molecule has 0 N–H and O–H groups in total. The van der Waals surface area contributed by atoms with Gasteiger partial charge in [-0.1, -0.05) is 12.8 Å². The highest BCUT2D eigenvalue weighted by Crippen LogP contribution is 2.33. The van der Waals surface area contributed by atoms with E-state index in [-0.39, 0.29) is 24.7 Å². The molecule has 0 spiro atoms. The van der Waals surface area contributed by atoms with E-state index in [1.54, 1.807) is 0 Å². The van der Waals surface area contributed by atoms with Gasteiger partial charge < -0.3 is 24.2 Å². The largest absolute Gasteiger partial charge is 0.450 e. The first kappa shape index (κ1) is 20.0. The molecule has 0 radical (unpaired) electrons. The molecule has 1 aliphatic carbocycles. The van der Waals surface area contributed by atoms with Crippen molar-refractivity contribution in [2.75, 3.05) is 39.4 Å². The number of ether oxygens (including phenoxy) is 2. The summed E-state index contributed by atoms with van der Waals surface area (Å²) in [7, 11) is 0. The molecule has 3 heterocycles.